The van der Waals surface area contributed by atoms with Gasteiger partial charge in [0.05, 0.1) is 6.61 Å². The van der Waals surface area contributed by atoms with Gasteiger partial charge in [-0.2, -0.15) is 0 Å². The van der Waals surface area contributed by atoms with Crippen molar-refractivity contribution in [3.05, 3.63) is 61.4 Å². The molecule has 0 saturated heterocycles. The van der Waals surface area contributed by atoms with Crippen LogP contribution in [0.1, 0.15) is 36.5 Å². The molecule has 23 heavy (non-hydrogen) atoms. The van der Waals surface area contributed by atoms with Crippen LogP contribution >= 0.6 is 0 Å². The number of hydrogen-bond acceptors (Lipinski definition) is 4. The number of rotatable bonds is 7. The summed E-state index contributed by atoms with van der Waals surface area (Å²) >= 11 is 0. The summed E-state index contributed by atoms with van der Waals surface area (Å²) in [5, 5.41) is 0. The van der Waals surface area contributed by atoms with Crippen LogP contribution in [-0.2, 0) is 9.53 Å². The fourth-order valence-electron chi connectivity index (χ4n) is 2.13. The molecule has 0 aliphatic heterocycles. The number of benzene rings is 1. The summed E-state index contributed by atoms with van der Waals surface area (Å²) in [5.74, 6) is 0.600. The molecule has 0 spiro atoms. The zero-order valence-corrected chi connectivity index (χ0v) is 17.6. The number of unbranched alkanes of at least 4 members (excludes halogenated alkanes) is 1. The van der Waals surface area contributed by atoms with E-state index in [-0.39, 0.29) is 38.6 Å². The van der Waals surface area contributed by atoms with E-state index < -0.39 is 11.9 Å². The molecule has 0 heterocycles. The van der Waals surface area contributed by atoms with Crippen LogP contribution in [0.4, 0.5) is 0 Å². The van der Waals surface area contributed by atoms with Gasteiger partial charge in [-0.3, -0.25) is 4.79 Å². The molecule has 0 unspecified atom stereocenters. The molecule has 0 bridgehead atoms. The van der Waals surface area contributed by atoms with E-state index in [0.29, 0.717) is 6.61 Å². The van der Waals surface area contributed by atoms with E-state index in [0.717, 1.165) is 19.3 Å². The van der Waals surface area contributed by atoms with E-state index in [9.17, 15) is 9.59 Å². The van der Waals surface area contributed by atoms with Crippen molar-refractivity contribution in [1.29, 1.82) is 0 Å². The van der Waals surface area contributed by atoms with E-state index in [1.807, 2.05) is 12.8 Å². The second kappa shape index (κ2) is 10.8. The fourth-order valence-corrected chi connectivity index (χ4v) is 2.13. The molecule has 1 aromatic carbocycles. The van der Waals surface area contributed by atoms with Crippen molar-refractivity contribution in [2.75, 3.05) is 6.61 Å². The minimum atomic E-state index is -0.467. The van der Waals surface area contributed by atoms with Crippen molar-refractivity contribution in [2.24, 2.45) is 0 Å². The molecular weight excluding hydrogens is 485 g/mol. The van der Waals surface area contributed by atoms with E-state index in [1.165, 1.54) is 12.8 Å². The van der Waals surface area contributed by atoms with Gasteiger partial charge in [-0.1, -0.05) is 12.1 Å². The Morgan fingerprint density at radius 1 is 1.04 bits per heavy atom. The SMILES string of the molecule is CC(=O)Oc1ccccc1C(=O)OCCCC[C]1[CH][CH][CH][CH]1.[Tl+]. The molecule has 2 rings (SSSR count). The van der Waals surface area contributed by atoms with Crippen molar-refractivity contribution in [2.45, 2.75) is 26.2 Å². The van der Waals surface area contributed by atoms with Crippen molar-refractivity contribution in [3.8, 4) is 5.75 Å². The van der Waals surface area contributed by atoms with Gasteiger partial charge in [-0.25, -0.2) is 4.79 Å². The van der Waals surface area contributed by atoms with Crippen LogP contribution < -0.4 is 4.74 Å². The Morgan fingerprint density at radius 2 is 1.74 bits per heavy atom. The Bertz CT molecular complexity index is 509. The maximum atomic E-state index is 12.0. The number of hydrogen-bond donors (Lipinski definition) is 0. The first-order chi connectivity index (χ1) is 10.7. The molecule has 0 N–H and O–H groups in total. The van der Waals surface area contributed by atoms with Crippen LogP contribution in [0.3, 0.4) is 0 Å². The Hall–Kier alpha value is -0.918. The van der Waals surface area contributed by atoms with Crippen LogP contribution in [0, 0.1) is 31.6 Å². The average molecular weight is 504 g/mol. The predicted octanol–water partition coefficient (Wildman–Crippen LogP) is 2.96. The van der Waals surface area contributed by atoms with Gasteiger partial charge in [-0.15, -0.1) is 0 Å². The fraction of sp³-hybridized carbons (Fsp3) is 0.278. The molecule has 4 nitrogen and oxygen atoms in total. The average Bonchev–Trinajstić information content (AvgIpc) is 3.00. The minimum absolute atomic E-state index is 0. The van der Waals surface area contributed by atoms with Crippen LogP contribution in [0.15, 0.2) is 24.3 Å². The standard InChI is InChI=1S/C18H19O4.Tl/c1-14(19)22-17-12-5-4-11-16(17)18(20)21-13-7-6-10-15-8-2-3-9-15;/h2-5,8-9,11-12H,6-7,10,13H2,1H3;/q;+1. The monoisotopic (exact) mass is 504 g/mol. The topological polar surface area (TPSA) is 52.6 Å². The van der Waals surface area contributed by atoms with Gasteiger partial charge in [-0.05, 0) is 63.0 Å². The molecule has 5 heteroatoms. The Balaban J connectivity index is 0.00000264. The molecule has 0 amide bonds. The number of ether oxygens (including phenoxy) is 2. The summed E-state index contributed by atoms with van der Waals surface area (Å²) in [6, 6.07) is 6.58. The first-order valence-electron chi connectivity index (χ1n) is 7.32. The van der Waals surface area contributed by atoms with Crippen molar-refractivity contribution in [3.63, 3.8) is 0 Å². The Morgan fingerprint density at radius 3 is 2.43 bits per heavy atom. The molecule has 1 fully saturated rings. The number of carbonyl (C=O) groups excluding carboxylic acids is 2. The Kier molecular flexibility index (Phi) is 9.43. The molecule has 117 valence electrons. The van der Waals surface area contributed by atoms with Crippen LogP contribution in [-0.4, -0.2) is 45.8 Å². The molecule has 1 aliphatic rings. The molecule has 1 aliphatic carbocycles. The van der Waals surface area contributed by atoms with Crippen molar-refractivity contribution < 1.29 is 19.1 Å². The number of esters is 2. The van der Waals surface area contributed by atoms with Gasteiger partial charge < -0.3 is 9.47 Å². The molecule has 1 saturated carbocycles. The van der Waals surface area contributed by atoms with E-state index in [4.69, 9.17) is 9.47 Å². The zero-order chi connectivity index (χ0) is 15.8. The quantitative estimate of drug-likeness (QED) is 0.249. The van der Waals surface area contributed by atoms with Gasteiger partial charge in [0.25, 0.3) is 0 Å². The molecule has 0 aromatic heterocycles. The first kappa shape index (κ1) is 20.1. The normalized spacial score (nSPS) is 14.1. The third kappa shape index (κ3) is 7.01. The molecule has 0 atom stereocenters. The molecule has 5 radical (unpaired) electrons. The second-order valence-corrected chi connectivity index (χ2v) is 4.98. The number of para-hydroxylation sites is 1. The third-order valence-electron chi connectivity index (χ3n) is 3.19. The maximum absolute atomic E-state index is 12.0. The summed E-state index contributed by atoms with van der Waals surface area (Å²) in [6.45, 7) is 1.65. The van der Waals surface area contributed by atoms with Gasteiger partial charge >= 0.3 is 39.2 Å². The smallest absolute Gasteiger partial charge is 0.462 e. The summed E-state index contributed by atoms with van der Waals surface area (Å²) in [5.41, 5.74) is 0.272. The predicted molar refractivity (Wildman–Crippen MR) is 88.1 cm³/mol. The van der Waals surface area contributed by atoms with E-state index >= 15 is 0 Å². The van der Waals surface area contributed by atoms with Crippen molar-refractivity contribution in [1.82, 2.24) is 0 Å². The largest absolute Gasteiger partial charge is 1.00 e. The zero-order valence-electron chi connectivity index (χ0n) is 13.2. The first-order valence-corrected chi connectivity index (χ1v) is 7.32. The summed E-state index contributed by atoms with van der Waals surface area (Å²) < 4.78 is 10.2. The third-order valence-corrected chi connectivity index (χ3v) is 3.19. The minimum Gasteiger partial charge on any atom is -0.462 e. The van der Waals surface area contributed by atoms with Gasteiger partial charge in [0.2, 0.25) is 0 Å². The summed E-state index contributed by atoms with van der Waals surface area (Å²) in [6.07, 6.45) is 10.9. The number of carbonyl (C=O) groups is 2. The summed E-state index contributed by atoms with van der Waals surface area (Å²) in [7, 11) is 0. The van der Waals surface area contributed by atoms with Gasteiger partial charge in [0, 0.05) is 6.92 Å². The van der Waals surface area contributed by atoms with E-state index in [1.54, 1.807) is 24.3 Å². The van der Waals surface area contributed by atoms with E-state index in [2.05, 4.69) is 12.8 Å². The second-order valence-electron chi connectivity index (χ2n) is 4.98. The molecular formula is C18H19O4Tl+. The van der Waals surface area contributed by atoms with Crippen molar-refractivity contribution >= 4 is 39.2 Å². The van der Waals surface area contributed by atoms with Crippen LogP contribution in [0.2, 0.25) is 0 Å². The maximum Gasteiger partial charge on any atom is 1.00 e. The van der Waals surface area contributed by atoms with Gasteiger partial charge in [0.15, 0.2) is 0 Å². The van der Waals surface area contributed by atoms with Crippen LogP contribution in [0.25, 0.3) is 0 Å². The van der Waals surface area contributed by atoms with Gasteiger partial charge in [0.1, 0.15) is 11.3 Å². The molecule has 1 aromatic rings. The van der Waals surface area contributed by atoms with Crippen LogP contribution in [0.5, 0.6) is 5.75 Å². The summed E-state index contributed by atoms with van der Waals surface area (Å²) in [4.78, 5) is 23.1. The Labute approximate surface area is 158 Å².